The summed E-state index contributed by atoms with van der Waals surface area (Å²) in [5.41, 5.74) is -0.00203. The van der Waals surface area contributed by atoms with Crippen molar-refractivity contribution < 1.29 is 13.2 Å². The number of piperazine rings is 1. The molecule has 2 unspecified atom stereocenters. The fourth-order valence-electron chi connectivity index (χ4n) is 2.28. The summed E-state index contributed by atoms with van der Waals surface area (Å²) in [6.45, 7) is 5.51. The topological polar surface area (TPSA) is 15.3 Å². The van der Waals surface area contributed by atoms with Crippen molar-refractivity contribution in [3.05, 3.63) is 28.2 Å². The standard InChI is InChI=1S/C13H16BrF3N2/c1-8-7-19(9(2)6-18-8)12-4-10(13(15,16)17)3-11(14)5-12/h3-5,8-9,18H,6-7H2,1-2H3. The van der Waals surface area contributed by atoms with Crippen molar-refractivity contribution in [2.45, 2.75) is 32.1 Å². The Morgan fingerprint density at radius 1 is 1.26 bits per heavy atom. The van der Waals surface area contributed by atoms with Crippen molar-refractivity contribution in [3.63, 3.8) is 0 Å². The second-order valence-electron chi connectivity index (χ2n) is 5.01. The Hall–Kier alpha value is -0.750. The minimum absolute atomic E-state index is 0.173. The van der Waals surface area contributed by atoms with E-state index in [1.54, 1.807) is 6.07 Å². The number of hydrogen-bond donors (Lipinski definition) is 1. The average Bonchev–Trinajstić information content (AvgIpc) is 2.30. The Bertz CT molecular complexity index is 462. The number of rotatable bonds is 1. The molecule has 0 radical (unpaired) electrons. The lowest BCUT2D eigenvalue weighted by molar-refractivity contribution is -0.137. The molecule has 2 nitrogen and oxygen atoms in total. The number of benzene rings is 1. The molecule has 1 aliphatic rings. The van der Waals surface area contributed by atoms with Crippen molar-refractivity contribution in [3.8, 4) is 0 Å². The van der Waals surface area contributed by atoms with E-state index in [1.165, 1.54) is 6.07 Å². The Kier molecular flexibility index (Phi) is 4.11. The lowest BCUT2D eigenvalue weighted by atomic mass is 10.1. The van der Waals surface area contributed by atoms with E-state index in [0.717, 1.165) is 12.6 Å². The van der Waals surface area contributed by atoms with Crippen LogP contribution in [0, 0.1) is 0 Å². The van der Waals surface area contributed by atoms with Gasteiger partial charge in [0.15, 0.2) is 0 Å². The first-order valence-corrected chi connectivity index (χ1v) is 6.94. The van der Waals surface area contributed by atoms with Gasteiger partial charge in [-0.1, -0.05) is 15.9 Å². The van der Waals surface area contributed by atoms with E-state index in [-0.39, 0.29) is 12.1 Å². The van der Waals surface area contributed by atoms with Crippen molar-refractivity contribution in [1.82, 2.24) is 5.32 Å². The fourth-order valence-corrected chi connectivity index (χ4v) is 2.77. The van der Waals surface area contributed by atoms with Crippen molar-refractivity contribution in [2.24, 2.45) is 0 Å². The van der Waals surface area contributed by atoms with Crippen LogP contribution in [0.3, 0.4) is 0 Å². The Labute approximate surface area is 119 Å². The quantitative estimate of drug-likeness (QED) is 0.842. The van der Waals surface area contributed by atoms with Gasteiger partial charge in [-0.2, -0.15) is 13.2 Å². The molecule has 0 bridgehead atoms. The van der Waals surface area contributed by atoms with Crippen LogP contribution in [0.1, 0.15) is 19.4 Å². The number of anilines is 1. The molecule has 0 aliphatic carbocycles. The van der Waals surface area contributed by atoms with E-state index in [9.17, 15) is 13.2 Å². The number of hydrogen-bond acceptors (Lipinski definition) is 2. The largest absolute Gasteiger partial charge is 0.416 e. The predicted octanol–water partition coefficient (Wildman–Crippen LogP) is 3.65. The highest BCUT2D eigenvalue weighted by Crippen LogP contribution is 2.35. The minimum Gasteiger partial charge on any atom is -0.366 e. The number of alkyl halides is 3. The highest BCUT2D eigenvalue weighted by molar-refractivity contribution is 9.10. The van der Waals surface area contributed by atoms with Gasteiger partial charge in [0.1, 0.15) is 0 Å². The minimum atomic E-state index is -4.32. The van der Waals surface area contributed by atoms with Crippen LogP contribution in [0.2, 0.25) is 0 Å². The summed E-state index contributed by atoms with van der Waals surface area (Å²) < 4.78 is 39.0. The Morgan fingerprint density at radius 3 is 2.58 bits per heavy atom. The van der Waals surface area contributed by atoms with Gasteiger partial charge in [-0.25, -0.2) is 0 Å². The summed E-state index contributed by atoms with van der Waals surface area (Å²) in [7, 11) is 0. The third-order valence-electron chi connectivity index (χ3n) is 3.31. The van der Waals surface area contributed by atoms with Crippen molar-refractivity contribution >= 4 is 21.6 Å². The number of nitrogens with one attached hydrogen (secondary N) is 1. The SMILES string of the molecule is CC1CN(c2cc(Br)cc(C(F)(F)F)c2)C(C)CN1. The van der Waals surface area contributed by atoms with Crippen LogP contribution < -0.4 is 10.2 Å². The maximum absolute atomic E-state index is 12.8. The summed E-state index contributed by atoms with van der Waals surface area (Å²) in [6, 6.07) is 4.51. The molecule has 2 rings (SSSR count). The van der Waals surface area contributed by atoms with Crippen LogP contribution in [-0.2, 0) is 6.18 Å². The molecule has 0 amide bonds. The Morgan fingerprint density at radius 2 is 1.95 bits per heavy atom. The first-order chi connectivity index (χ1) is 8.77. The molecule has 2 atom stereocenters. The van der Waals surface area contributed by atoms with Gasteiger partial charge in [0, 0.05) is 35.3 Å². The number of halogens is 4. The van der Waals surface area contributed by atoms with Crippen LogP contribution in [-0.4, -0.2) is 25.2 Å². The van der Waals surface area contributed by atoms with Crippen LogP contribution in [0.15, 0.2) is 22.7 Å². The molecule has 19 heavy (non-hydrogen) atoms. The maximum atomic E-state index is 12.8. The molecular weight excluding hydrogens is 321 g/mol. The third-order valence-corrected chi connectivity index (χ3v) is 3.76. The average molecular weight is 337 g/mol. The Balaban J connectivity index is 2.36. The molecule has 1 aliphatic heterocycles. The van der Waals surface area contributed by atoms with Crippen molar-refractivity contribution in [1.29, 1.82) is 0 Å². The van der Waals surface area contributed by atoms with Gasteiger partial charge in [0.25, 0.3) is 0 Å². The molecular formula is C13H16BrF3N2. The molecule has 0 aromatic heterocycles. The molecule has 1 aromatic rings. The van der Waals surface area contributed by atoms with Gasteiger partial charge in [0.2, 0.25) is 0 Å². The monoisotopic (exact) mass is 336 g/mol. The van der Waals surface area contributed by atoms with Gasteiger partial charge >= 0.3 is 6.18 Å². The highest BCUT2D eigenvalue weighted by atomic mass is 79.9. The maximum Gasteiger partial charge on any atom is 0.416 e. The molecule has 1 heterocycles. The molecule has 1 fully saturated rings. The van der Waals surface area contributed by atoms with Crippen LogP contribution in [0.25, 0.3) is 0 Å². The number of nitrogens with zero attached hydrogens (tertiary/aromatic N) is 1. The molecule has 1 N–H and O–H groups in total. The lowest BCUT2D eigenvalue weighted by Crippen LogP contribution is -2.54. The van der Waals surface area contributed by atoms with E-state index in [2.05, 4.69) is 21.2 Å². The van der Waals surface area contributed by atoms with E-state index in [1.807, 2.05) is 18.7 Å². The summed E-state index contributed by atoms with van der Waals surface area (Å²) in [5.74, 6) is 0. The first kappa shape index (κ1) is 14.7. The summed E-state index contributed by atoms with van der Waals surface area (Å²) in [6.07, 6.45) is -4.32. The lowest BCUT2D eigenvalue weighted by Gasteiger charge is -2.39. The van der Waals surface area contributed by atoms with Crippen LogP contribution >= 0.6 is 15.9 Å². The first-order valence-electron chi connectivity index (χ1n) is 6.15. The zero-order valence-corrected chi connectivity index (χ0v) is 12.3. The van der Waals surface area contributed by atoms with E-state index in [0.29, 0.717) is 16.7 Å². The second-order valence-corrected chi connectivity index (χ2v) is 5.92. The summed E-state index contributed by atoms with van der Waals surface area (Å²) in [5, 5.41) is 3.32. The molecule has 1 saturated heterocycles. The third kappa shape index (κ3) is 3.42. The second kappa shape index (κ2) is 5.32. The molecule has 6 heteroatoms. The van der Waals surface area contributed by atoms with E-state index >= 15 is 0 Å². The van der Waals surface area contributed by atoms with Gasteiger partial charge < -0.3 is 10.2 Å². The smallest absolute Gasteiger partial charge is 0.366 e. The molecule has 106 valence electrons. The summed E-state index contributed by atoms with van der Waals surface area (Å²) in [4.78, 5) is 2.02. The normalized spacial score (nSPS) is 24.6. The van der Waals surface area contributed by atoms with Crippen LogP contribution in [0.4, 0.5) is 18.9 Å². The van der Waals surface area contributed by atoms with Gasteiger partial charge in [-0.05, 0) is 32.0 Å². The molecule has 1 aromatic carbocycles. The van der Waals surface area contributed by atoms with Crippen molar-refractivity contribution in [2.75, 3.05) is 18.0 Å². The predicted molar refractivity (Wildman–Crippen MR) is 73.4 cm³/mol. The van der Waals surface area contributed by atoms with E-state index in [4.69, 9.17) is 0 Å². The van der Waals surface area contributed by atoms with Gasteiger partial charge in [0.05, 0.1) is 5.56 Å². The molecule has 0 saturated carbocycles. The summed E-state index contributed by atoms with van der Waals surface area (Å²) >= 11 is 3.16. The van der Waals surface area contributed by atoms with Gasteiger partial charge in [-0.15, -0.1) is 0 Å². The van der Waals surface area contributed by atoms with Crippen LogP contribution in [0.5, 0.6) is 0 Å². The van der Waals surface area contributed by atoms with Gasteiger partial charge in [-0.3, -0.25) is 0 Å². The van der Waals surface area contributed by atoms with E-state index < -0.39 is 11.7 Å². The highest BCUT2D eigenvalue weighted by Gasteiger charge is 2.32. The molecule has 0 spiro atoms. The zero-order valence-electron chi connectivity index (χ0n) is 10.8. The zero-order chi connectivity index (χ0) is 14.2. The fraction of sp³-hybridized carbons (Fsp3) is 0.538.